The monoisotopic (exact) mass is 242 g/mol. The van der Waals surface area contributed by atoms with Crippen LogP contribution in [0.5, 0.6) is 0 Å². The third-order valence-electron chi connectivity index (χ3n) is 3.62. The molecule has 1 amide bonds. The van der Waals surface area contributed by atoms with E-state index < -0.39 is 17.0 Å². The molecule has 0 aromatic rings. The Morgan fingerprint density at radius 3 is 2.24 bits per heavy atom. The number of amides is 1. The molecule has 5 nitrogen and oxygen atoms in total. The fourth-order valence-corrected chi connectivity index (χ4v) is 2.20. The number of carbonyl (C=O) groups is 2. The van der Waals surface area contributed by atoms with Gasteiger partial charge in [0.1, 0.15) is 0 Å². The molecule has 1 aliphatic rings. The lowest BCUT2D eigenvalue weighted by molar-refractivity contribution is -0.139. The lowest BCUT2D eigenvalue weighted by Gasteiger charge is -2.33. The highest BCUT2D eigenvalue weighted by Crippen LogP contribution is 2.33. The number of hydrogen-bond donors (Lipinski definition) is 3. The maximum absolute atomic E-state index is 12.1. The van der Waals surface area contributed by atoms with E-state index in [4.69, 9.17) is 5.11 Å². The van der Waals surface area contributed by atoms with Crippen LogP contribution in [0.25, 0.3) is 0 Å². The largest absolute Gasteiger partial charge is 0.481 e. The Hall–Kier alpha value is -1.10. The fraction of sp³-hybridized carbons (Fsp3) is 0.833. The molecule has 0 aromatic heterocycles. The number of carbonyl (C=O) groups excluding carboxylic acids is 1. The molecule has 0 spiro atoms. The first-order valence-electron chi connectivity index (χ1n) is 6.05. The Morgan fingerprint density at radius 2 is 1.82 bits per heavy atom. The van der Waals surface area contributed by atoms with Gasteiger partial charge in [0.2, 0.25) is 5.91 Å². The van der Waals surface area contributed by atoms with Gasteiger partial charge in [-0.1, -0.05) is 12.8 Å². The van der Waals surface area contributed by atoms with Crippen molar-refractivity contribution in [2.24, 2.45) is 0 Å². The van der Waals surface area contributed by atoms with Crippen LogP contribution in [0.1, 0.15) is 46.0 Å². The maximum atomic E-state index is 12.1. The van der Waals surface area contributed by atoms with Crippen molar-refractivity contribution >= 4 is 11.9 Å². The van der Waals surface area contributed by atoms with Gasteiger partial charge in [0.15, 0.2) is 0 Å². The van der Waals surface area contributed by atoms with Gasteiger partial charge in [0.25, 0.3) is 0 Å². The Balaban J connectivity index is 2.74. The van der Waals surface area contributed by atoms with Crippen molar-refractivity contribution in [2.45, 2.75) is 57.0 Å². The first kappa shape index (κ1) is 14.0. The molecule has 0 bridgehead atoms. The highest BCUT2D eigenvalue weighted by atomic mass is 16.4. The van der Waals surface area contributed by atoms with Gasteiger partial charge in [0, 0.05) is 0 Å². The fourth-order valence-electron chi connectivity index (χ4n) is 2.20. The number of carboxylic acid groups (broad SMARTS) is 1. The third-order valence-corrected chi connectivity index (χ3v) is 3.62. The smallest absolute Gasteiger partial charge is 0.305 e. The van der Waals surface area contributed by atoms with Crippen LogP contribution in [0.2, 0.25) is 0 Å². The second-order valence-electron chi connectivity index (χ2n) is 5.39. The standard InChI is InChI=1S/C12H22N2O3/c1-11(2,13-3)10(17)14-12(8-9(15)16)6-4-5-7-12/h13H,4-8H2,1-3H3,(H,14,17)(H,15,16). The van der Waals surface area contributed by atoms with Gasteiger partial charge in [-0.3, -0.25) is 9.59 Å². The van der Waals surface area contributed by atoms with Crippen LogP contribution >= 0.6 is 0 Å². The maximum Gasteiger partial charge on any atom is 0.305 e. The third kappa shape index (κ3) is 3.43. The zero-order valence-electron chi connectivity index (χ0n) is 10.8. The average Bonchev–Trinajstić information content (AvgIpc) is 2.65. The van der Waals surface area contributed by atoms with Crippen LogP contribution in [0, 0.1) is 0 Å². The van der Waals surface area contributed by atoms with Crippen LogP contribution in [0.3, 0.4) is 0 Å². The Morgan fingerprint density at radius 1 is 1.29 bits per heavy atom. The van der Waals surface area contributed by atoms with Crippen LogP contribution < -0.4 is 10.6 Å². The van der Waals surface area contributed by atoms with Crippen LogP contribution in [0.4, 0.5) is 0 Å². The molecule has 5 heteroatoms. The number of likely N-dealkylation sites (N-methyl/N-ethyl adjacent to an activating group) is 1. The zero-order chi connectivity index (χ0) is 13.1. The van der Waals surface area contributed by atoms with Gasteiger partial charge in [-0.15, -0.1) is 0 Å². The highest BCUT2D eigenvalue weighted by molar-refractivity contribution is 5.86. The quantitative estimate of drug-likeness (QED) is 0.669. The predicted molar refractivity (Wildman–Crippen MR) is 64.7 cm³/mol. The molecule has 0 aliphatic heterocycles. The molecule has 1 aliphatic carbocycles. The van der Waals surface area contributed by atoms with E-state index in [1.165, 1.54) is 0 Å². The zero-order valence-corrected chi connectivity index (χ0v) is 10.8. The second-order valence-corrected chi connectivity index (χ2v) is 5.39. The summed E-state index contributed by atoms with van der Waals surface area (Å²) < 4.78 is 0. The molecule has 1 saturated carbocycles. The van der Waals surface area contributed by atoms with Crippen molar-refractivity contribution in [2.75, 3.05) is 7.05 Å². The van der Waals surface area contributed by atoms with E-state index in [0.29, 0.717) is 0 Å². The highest BCUT2D eigenvalue weighted by Gasteiger charge is 2.40. The molecular formula is C12H22N2O3. The van der Waals surface area contributed by atoms with Crippen molar-refractivity contribution in [3.63, 3.8) is 0 Å². The number of rotatable bonds is 5. The summed E-state index contributed by atoms with van der Waals surface area (Å²) in [6.45, 7) is 3.57. The van der Waals surface area contributed by atoms with Gasteiger partial charge < -0.3 is 15.7 Å². The molecule has 0 unspecified atom stereocenters. The van der Waals surface area contributed by atoms with E-state index in [-0.39, 0.29) is 12.3 Å². The summed E-state index contributed by atoms with van der Waals surface area (Å²) in [5.74, 6) is -0.988. The van der Waals surface area contributed by atoms with E-state index in [9.17, 15) is 9.59 Å². The second kappa shape index (κ2) is 5.04. The van der Waals surface area contributed by atoms with Crippen LogP contribution in [-0.4, -0.2) is 35.1 Å². The first-order valence-corrected chi connectivity index (χ1v) is 6.05. The number of carboxylic acids is 1. The van der Waals surface area contributed by atoms with Gasteiger partial charge >= 0.3 is 5.97 Å². The van der Waals surface area contributed by atoms with E-state index in [0.717, 1.165) is 25.7 Å². The summed E-state index contributed by atoms with van der Waals surface area (Å²) >= 11 is 0. The Bertz CT molecular complexity index is 307. The van der Waals surface area contributed by atoms with E-state index in [1.54, 1.807) is 20.9 Å². The molecule has 1 fully saturated rings. The molecule has 0 aromatic carbocycles. The number of hydrogen-bond acceptors (Lipinski definition) is 3. The van der Waals surface area contributed by atoms with Gasteiger partial charge in [-0.2, -0.15) is 0 Å². The number of aliphatic carboxylic acids is 1. The molecule has 0 atom stereocenters. The summed E-state index contributed by atoms with van der Waals surface area (Å²) in [5, 5.41) is 14.8. The van der Waals surface area contributed by atoms with E-state index in [2.05, 4.69) is 10.6 Å². The number of nitrogens with one attached hydrogen (secondary N) is 2. The Labute approximate surface area is 102 Å². The van der Waals surface area contributed by atoms with Crippen molar-refractivity contribution in [3.05, 3.63) is 0 Å². The van der Waals surface area contributed by atoms with Crippen LogP contribution in [0.15, 0.2) is 0 Å². The van der Waals surface area contributed by atoms with Crippen LogP contribution in [-0.2, 0) is 9.59 Å². The van der Waals surface area contributed by atoms with E-state index in [1.807, 2.05) is 0 Å². The minimum absolute atomic E-state index is 0.0124. The molecule has 98 valence electrons. The lowest BCUT2D eigenvalue weighted by Crippen LogP contribution is -2.58. The predicted octanol–water partition coefficient (Wildman–Crippen LogP) is 0.888. The van der Waals surface area contributed by atoms with Gasteiger partial charge in [0.05, 0.1) is 17.5 Å². The molecule has 0 heterocycles. The first-order chi connectivity index (χ1) is 7.81. The summed E-state index contributed by atoms with van der Waals surface area (Å²) in [7, 11) is 1.72. The van der Waals surface area contributed by atoms with Crippen molar-refractivity contribution in [3.8, 4) is 0 Å². The summed E-state index contributed by atoms with van der Waals surface area (Å²) in [4.78, 5) is 23.0. The molecule has 3 N–H and O–H groups in total. The summed E-state index contributed by atoms with van der Waals surface area (Å²) in [6, 6.07) is 0. The average molecular weight is 242 g/mol. The van der Waals surface area contributed by atoms with E-state index >= 15 is 0 Å². The Kier molecular flexibility index (Phi) is 4.14. The van der Waals surface area contributed by atoms with Crippen molar-refractivity contribution < 1.29 is 14.7 Å². The lowest BCUT2D eigenvalue weighted by atomic mass is 9.91. The van der Waals surface area contributed by atoms with Gasteiger partial charge in [-0.25, -0.2) is 0 Å². The molecular weight excluding hydrogens is 220 g/mol. The SMILES string of the molecule is CNC(C)(C)C(=O)NC1(CC(=O)O)CCCC1. The molecule has 0 radical (unpaired) electrons. The summed E-state index contributed by atoms with van der Waals surface area (Å²) in [5.41, 5.74) is -1.22. The normalized spacial score (nSPS) is 19.0. The summed E-state index contributed by atoms with van der Waals surface area (Å²) in [6.07, 6.45) is 3.48. The van der Waals surface area contributed by atoms with Gasteiger partial charge in [-0.05, 0) is 33.7 Å². The minimum atomic E-state index is -0.852. The molecule has 1 rings (SSSR count). The minimum Gasteiger partial charge on any atom is -0.481 e. The van der Waals surface area contributed by atoms with Crippen molar-refractivity contribution in [1.82, 2.24) is 10.6 Å². The van der Waals surface area contributed by atoms with Crippen molar-refractivity contribution in [1.29, 1.82) is 0 Å². The molecule has 0 saturated heterocycles. The topological polar surface area (TPSA) is 78.4 Å². The molecule has 17 heavy (non-hydrogen) atoms.